The molecule has 0 aliphatic carbocycles. The molecule has 0 aromatic carbocycles. The van der Waals surface area contributed by atoms with Crippen molar-refractivity contribution in [1.29, 1.82) is 0 Å². The van der Waals surface area contributed by atoms with E-state index in [1.165, 1.54) is 13.8 Å². The molecule has 0 rings (SSSR count). The molecule has 3 nitrogen and oxygen atoms in total. The second kappa shape index (κ2) is 9.36. The van der Waals surface area contributed by atoms with Crippen LogP contribution in [0, 0.1) is 0 Å². The fourth-order valence-electron chi connectivity index (χ4n) is 2.06. The summed E-state index contributed by atoms with van der Waals surface area (Å²) >= 11 is 0. The van der Waals surface area contributed by atoms with Crippen LogP contribution in [0.3, 0.4) is 0 Å². The van der Waals surface area contributed by atoms with Gasteiger partial charge < -0.3 is 13.9 Å². The highest BCUT2D eigenvalue weighted by atomic mass is 28.2. The highest BCUT2D eigenvalue weighted by Gasteiger charge is 2.90. The Kier molecular flexibility index (Phi) is 9.10. The van der Waals surface area contributed by atoms with Crippen LogP contribution in [0.2, 0.25) is 0 Å². The lowest BCUT2D eigenvalue weighted by molar-refractivity contribution is -0.441. The van der Waals surface area contributed by atoms with Crippen LogP contribution in [0.5, 0.6) is 0 Å². The maximum absolute atomic E-state index is 13.9. The van der Waals surface area contributed by atoms with Gasteiger partial charge in [0.05, 0.1) is 0 Å². The number of rotatable bonds is 12. The van der Waals surface area contributed by atoms with Crippen molar-refractivity contribution in [2.75, 3.05) is 13.2 Å². The molecule has 0 spiro atoms. The third-order valence-corrected chi connectivity index (χ3v) is 4.33. The van der Waals surface area contributed by atoms with Crippen LogP contribution in [-0.4, -0.2) is 71.9 Å². The van der Waals surface area contributed by atoms with Crippen molar-refractivity contribution in [3.05, 3.63) is 0 Å². The van der Waals surface area contributed by atoms with Crippen molar-refractivity contribution in [2.45, 2.75) is 68.5 Å². The molecule has 30 heavy (non-hydrogen) atoms. The van der Waals surface area contributed by atoms with Crippen LogP contribution in [-0.2, 0) is 13.9 Å². The Morgan fingerprint density at radius 1 is 0.633 bits per heavy atom. The number of hydrogen-bond acceptors (Lipinski definition) is 3. The summed E-state index contributed by atoms with van der Waals surface area (Å²) in [4.78, 5) is 0. The quantitative estimate of drug-likeness (QED) is 0.231. The molecule has 0 N–H and O–H groups in total. The van der Waals surface area contributed by atoms with Crippen LogP contribution < -0.4 is 0 Å². The summed E-state index contributed by atoms with van der Waals surface area (Å²) in [6, 6.07) is 0. The van der Waals surface area contributed by atoms with Crippen LogP contribution in [0.1, 0.15) is 20.3 Å². The zero-order chi connectivity index (χ0) is 24.4. The van der Waals surface area contributed by atoms with Gasteiger partial charge in [-0.25, -0.2) is 0 Å². The average Bonchev–Trinajstić information content (AvgIpc) is 2.57. The maximum atomic E-state index is 13.9. The molecule has 1 unspecified atom stereocenters. The largest absolute Gasteiger partial charge is 0.460 e. The molecule has 0 saturated heterocycles. The summed E-state index contributed by atoms with van der Waals surface area (Å²) in [7, 11) is -0.511. The summed E-state index contributed by atoms with van der Waals surface area (Å²) in [5.41, 5.74) is 0. The molecular formula is C13H17F13O3Si. The van der Waals surface area contributed by atoms with E-state index >= 15 is 0 Å². The van der Waals surface area contributed by atoms with E-state index in [1.54, 1.807) is 0 Å². The van der Waals surface area contributed by atoms with Crippen LogP contribution in [0.25, 0.3) is 0 Å². The Bertz CT molecular complexity index is 547. The number of alkyl halides is 13. The van der Waals surface area contributed by atoms with Gasteiger partial charge in [-0.1, -0.05) is 0 Å². The third-order valence-electron chi connectivity index (χ3n) is 3.72. The van der Waals surface area contributed by atoms with Gasteiger partial charge in [0.1, 0.15) is 16.6 Å². The Morgan fingerprint density at radius 2 is 1.00 bits per heavy atom. The van der Waals surface area contributed by atoms with E-state index in [9.17, 15) is 57.1 Å². The van der Waals surface area contributed by atoms with Gasteiger partial charge in [0.25, 0.3) is 0 Å². The summed E-state index contributed by atoms with van der Waals surface area (Å²) in [6.07, 6.45) is -14.1. The molecule has 0 amide bonds. The molecule has 0 aromatic heterocycles. The van der Waals surface area contributed by atoms with E-state index in [1.807, 2.05) is 0 Å². The third kappa shape index (κ3) is 4.98. The Labute approximate surface area is 164 Å². The predicted molar refractivity (Wildman–Crippen MR) is 77.3 cm³/mol. The minimum atomic E-state index is -7.93. The van der Waals surface area contributed by atoms with E-state index in [0.29, 0.717) is 0 Å². The molecule has 0 aliphatic heterocycles. The summed E-state index contributed by atoms with van der Waals surface area (Å²) in [6.45, 7) is 1.97. The zero-order valence-electron chi connectivity index (χ0n) is 15.4. The molecule has 0 radical (unpaired) electrons. The fraction of sp³-hybridized carbons (Fsp3) is 1.00. The topological polar surface area (TPSA) is 27.7 Å². The highest BCUT2D eigenvalue weighted by Crippen LogP contribution is 2.60. The second-order valence-corrected chi connectivity index (χ2v) is 6.23. The van der Waals surface area contributed by atoms with Gasteiger partial charge in [-0.15, -0.1) is 0 Å². The monoisotopic (exact) mass is 496 g/mol. The second-order valence-electron chi connectivity index (χ2n) is 5.76. The van der Waals surface area contributed by atoms with Gasteiger partial charge in [0.2, 0.25) is 0 Å². The Hall–Kier alpha value is -0.813. The van der Waals surface area contributed by atoms with Crippen molar-refractivity contribution in [3.8, 4) is 0 Å². The standard InChI is InChI=1S/C13H17F13O3Si/c1-3-27-7(28-4-2)6(29-30)5-8(14,15)9(16,17)10(18,19)11(20,21)12(22,23)13(24,25)26/h6-7H,3-5H2,1-2,30H3. The van der Waals surface area contributed by atoms with E-state index in [-0.39, 0.29) is 13.2 Å². The first kappa shape index (κ1) is 29.2. The zero-order valence-corrected chi connectivity index (χ0v) is 17.4. The van der Waals surface area contributed by atoms with Gasteiger partial charge in [0.15, 0.2) is 6.29 Å². The average molecular weight is 496 g/mol. The van der Waals surface area contributed by atoms with E-state index in [4.69, 9.17) is 9.47 Å². The van der Waals surface area contributed by atoms with E-state index in [0.717, 1.165) is 0 Å². The van der Waals surface area contributed by atoms with Crippen molar-refractivity contribution in [2.24, 2.45) is 0 Å². The summed E-state index contributed by atoms with van der Waals surface area (Å²) < 4.78 is 184. The van der Waals surface area contributed by atoms with Crippen LogP contribution in [0.15, 0.2) is 0 Å². The molecule has 182 valence electrons. The Morgan fingerprint density at radius 3 is 1.30 bits per heavy atom. The van der Waals surface area contributed by atoms with Crippen LogP contribution >= 0.6 is 0 Å². The molecule has 0 heterocycles. The van der Waals surface area contributed by atoms with Crippen LogP contribution in [0.4, 0.5) is 57.1 Å². The van der Waals surface area contributed by atoms with Crippen molar-refractivity contribution < 1.29 is 71.0 Å². The lowest BCUT2D eigenvalue weighted by atomic mass is 9.91. The van der Waals surface area contributed by atoms with E-state index in [2.05, 4.69) is 4.43 Å². The molecule has 0 aliphatic rings. The molecule has 0 fully saturated rings. The first-order valence-corrected chi connectivity index (χ1v) is 8.73. The van der Waals surface area contributed by atoms with Gasteiger partial charge in [0, 0.05) is 19.6 Å². The molecule has 0 saturated carbocycles. The van der Waals surface area contributed by atoms with Gasteiger partial charge in [-0.05, 0) is 13.8 Å². The lowest BCUT2D eigenvalue weighted by Gasteiger charge is -2.40. The fourth-order valence-corrected chi connectivity index (χ4v) is 2.45. The summed E-state index contributed by atoms with van der Waals surface area (Å²) in [5, 5.41) is 0. The number of halogens is 13. The minimum absolute atomic E-state index is 0.292. The van der Waals surface area contributed by atoms with Crippen molar-refractivity contribution in [3.63, 3.8) is 0 Å². The molecule has 0 aromatic rings. The summed E-state index contributed by atoms with van der Waals surface area (Å²) in [5.74, 6) is -37.1. The SMILES string of the molecule is CCOC(OCC)C(CC(F)(F)C(F)(F)C(F)(F)C(F)(F)C(F)(F)C(F)(F)F)O[SiH3]. The lowest BCUT2D eigenvalue weighted by Crippen LogP contribution is -2.70. The Balaban J connectivity index is 6.16. The maximum Gasteiger partial charge on any atom is 0.460 e. The number of hydrogen-bond donors (Lipinski definition) is 0. The normalized spacial score (nSPS) is 16.4. The van der Waals surface area contributed by atoms with Gasteiger partial charge in [-0.3, -0.25) is 0 Å². The number of ether oxygens (including phenoxy) is 2. The van der Waals surface area contributed by atoms with Gasteiger partial charge in [-0.2, -0.15) is 57.1 Å². The van der Waals surface area contributed by atoms with Crippen molar-refractivity contribution in [1.82, 2.24) is 0 Å². The molecular weight excluding hydrogens is 479 g/mol. The minimum Gasteiger partial charge on any atom is -0.420 e. The first-order chi connectivity index (χ1) is 13.2. The van der Waals surface area contributed by atoms with Crippen molar-refractivity contribution >= 4 is 10.5 Å². The smallest absolute Gasteiger partial charge is 0.420 e. The first-order valence-electron chi connectivity index (χ1n) is 7.91. The molecule has 1 atom stereocenters. The predicted octanol–water partition coefficient (Wildman–Crippen LogP) is 4.18. The molecule has 17 heteroatoms. The molecule has 0 bridgehead atoms. The highest BCUT2D eigenvalue weighted by molar-refractivity contribution is 5.98. The van der Waals surface area contributed by atoms with Gasteiger partial charge >= 0.3 is 35.8 Å². The van der Waals surface area contributed by atoms with E-state index < -0.39 is 65.1 Å².